The zero-order chi connectivity index (χ0) is 14.7. The van der Waals surface area contributed by atoms with Crippen molar-refractivity contribution in [1.82, 2.24) is 9.55 Å². The zero-order valence-corrected chi connectivity index (χ0v) is 13.9. The minimum atomic E-state index is 0.446. The van der Waals surface area contributed by atoms with E-state index in [-0.39, 0.29) is 0 Å². The molecule has 1 aliphatic rings. The van der Waals surface area contributed by atoms with E-state index in [4.69, 9.17) is 21.3 Å². The summed E-state index contributed by atoms with van der Waals surface area (Å²) in [6.45, 7) is 3.85. The van der Waals surface area contributed by atoms with Crippen molar-refractivity contribution in [2.75, 3.05) is 18.1 Å². The zero-order valence-electron chi connectivity index (χ0n) is 12.3. The highest BCUT2D eigenvalue weighted by Gasteiger charge is 2.20. The van der Waals surface area contributed by atoms with E-state index < -0.39 is 0 Å². The predicted molar refractivity (Wildman–Crippen MR) is 90.5 cm³/mol. The highest BCUT2D eigenvalue weighted by atomic mass is 35.5. The Bertz CT molecular complexity index is 608. The van der Waals surface area contributed by atoms with Crippen LogP contribution >= 0.6 is 23.4 Å². The molecule has 1 aromatic heterocycles. The lowest BCUT2D eigenvalue weighted by Crippen LogP contribution is -2.12. The Labute approximate surface area is 135 Å². The van der Waals surface area contributed by atoms with Crippen LogP contribution in [0.1, 0.15) is 25.6 Å². The molecule has 1 atom stereocenters. The number of aromatic nitrogens is 2. The van der Waals surface area contributed by atoms with Crippen LogP contribution in [0.25, 0.3) is 11.0 Å². The Morgan fingerprint density at radius 1 is 1.48 bits per heavy atom. The molecule has 0 N–H and O–H groups in total. The summed E-state index contributed by atoms with van der Waals surface area (Å²) in [7, 11) is 0. The Balaban J connectivity index is 1.97. The van der Waals surface area contributed by atoms with Gasteiger partial charge >= 0.3 is 0 Å². The van der Waals surface area contributed by atoms with E-state index in [1.807, 2.05) is 23.9 Å². The fraction of sp³-hybridized carbons (Fsp3) is 0.562. The van der Waals surface area contributed by atoms with Crippen molar-refractivity contribution in [2.45, 2.75) is 32.2 Å². The maximum Gasteiger partial charge on any atom is 0.147 e. The molecular formula is C16H21ClN2OS. The molecule has 0 amide bonds. The number of para-hydroxylation sites is 1. The number of halogens is 1. The van der Waals surface area contributed by atoms with Crippen LogP contribution < -0.4 is 4.74 Å². The van der Waals surface area contributed by atoms with Crippen molar-refractivity contribution in [2.24, 2.45) is 5.92 Å². The third-order valence-corrected chi connectivity index (χ3v) is 5.34. The average Bonchev–Trinajstić information content (AvgIpc) is 3.14. The van der Waals surface area contributed by atoms with E-state index in [2.05, 4.69) is 17.6 Å². The van der Waals surface area contributed by atoms with Gasteiger partial charge in [0, 0.05) is 6.54 Å². The van der Waals surface area contributed by atoms with Gasteiger partial charge in [0.2, 0.25) is 0 Å². The second-order valence-electron chi connectivity index (χ2n) is 5.47. The van der Waals surface area contributed by atoms with Crippen molar-refractivity contribution in [3.8, 4) is 5.75 Å². The van der Waals surface area contributed by atoms with E-state index in [0.29, 0.717) is 5.88 Å². The predicted octanol–water partition coefficient (Wildman–Crippen LogP) is 4.32. The monoisotopic (exact) mass is 324 g/mol. The number of ether oxygens (including phenoxy) is 1. The summed E-state index contributed by atoms with van der Waals surface area (Å²) in [5.41, 5.74) is 2.10. The molecule has 2 aromatic rings. The fourth-order valence-electron chi connectivity index (χ4n) is 2.79. The standard InChI is InChI=1S/C16H21ClN2OS/c1-2-7-20-14-5-3-4-13-16(14)18-15(9-17)19(13)10-12-6-8-21-11-12/h3-5,12H,2,6-11H2,1H3. The molecule has 114 valence electrons. The first-order valence-electron chi connectivity index (χ1n) is 7.58. The van der Waals surface area contributed by atoms with Gasteiger partial charge in [0.25, 0.3) is 0 Å². The number of alkyl halides is 1. The molecule has 1 fully saturated rings. The molecule has 1 aliphatic heterocycles. The first-order valence-corrected chi connectivity index (χ1v) is 9.27. The summed E-state index contributed by atoms with van der Waals surface area (Å²) in [6.07, 6.45) is 2.29. The van der Waals surface area contributed by atoms with E-state index >= 15 is 0 Å². The molecule has 3 nitrogen and oxygen atoms in total. The summed E-state index contributed by atoms with van der Waals surface area (Å²) in [4.78, 5) is 4.73. The van der Waals surface area contributed by atoms with Crippen molar-refractivity contribution in [3.05, 3.63) is 24.0 Å². The quantitative estimate of drug-likeness (QED) is 0.741. The maximum atomic E-state index is 6.12. The summed E-state index contributed by atoms with van der Waals surface area (Å²) in [6, 6.07) is 6.17. The molecule has 1 saturated heterocycles. The van der Waals surface area contributed by atoms with Gasteiger partial charge in [-0.1, -0.05) is 13.0 Å². The molecule has 21 heavy (non-hydrogen) atoms. The van der Waals surface area contributed by atoms with E-state index in [9.17, 15) is 0 Å². The number of imidazole rings is 1. The van der Waals surface area contributed by atoms with Crippen LogP contribution in [-0.2, 0) is 12.4 Å². The van der Waals surface area contributed by atoms with Crippen LogP contribution in [0, 0.1) is 5.92 Å². The van der Waals surface area contributed by atoms with Crippen molar-refractivity contribution in [1.29, 1.82) is 0 Å². The lowest BCUT2D eigenvalue weighted by atomic mass is 10.1. The third-order valence-electron chi connectivity index (χ3n) is 3.87. The molecule has 0 bridgehead atoms. The maximum absolute atomic E-state index is 6.12. The molecule has 2 heterocycles. The van der Waals surface area contributed by atoms with Gasteiger partial charge in [-0.2, -0.15) is 11.8 Å². The van der Waals surface area contributed by atoms with Crippen LogP contribution in [0.4, 0.5) is 0 Å². The minimum absolute atomic E-state index is 0.446. The van der Waals surface area contributed by atoms with Gasteiger partial charge in [-0.05, 0) is 42.4 Å². The molecule has 5 heteroatoms. The van der Waals surface area contributed by atoms with Gasteiger partial charge in [0.1, 0.15) is 17.1 Å². The first-order chi connectivity index (χ1) is 10.3. The second kappa shape index (κ2) is 6.93. The molecule has 0 radical (unpaired) electrons. The van der Waals surface area contributed by atoms with Crippen LogP contribution in [0.3, 0.4) is 0 Å². The minimum Gasteiger partial charge on any atom is -0.491 e. The van der Waals surface area contributed by atoms with Gasteiger partial charge in [0.15, 0.2) is 0 Å². The Hall–Kier alpha value is -0.870. The van der Waals surface area contributed by atoms with Crippen LogP contribution in [-0.4, -0.2) is 27.7 Å². The molecule has 3 rings (SSSR count). The van der Waals surface area contributed by atoms with Gasteiger partial charge in [0.05, 0.1) is 18.0 Å². The van der Waals surface area contributed by atoms with Gasteiger partial charge in [-0.3, -0.25) is 0 Å². The molecule has 0 spiro atoms. The Morgan fingerprint density at radius 3 is 3.10 bits per heavy atom. The van der Waals surface area contributed by atoms with Crippen molar-refractivity contribution < 1.29 is 4.74 Å². The third kappa shape index (κ3) is 3.16. The Kier molecular flexibility index (Phi) is 4.96. The normalized spacial score (nSPS) is 18.5. The Morgan fingerprint density at radius 2 is 2.38 bits per heavy atom. The van der Waals surface area contributed by atoms with Gasteiger partial charge in [-0.15, -0.1) is 11.6 Å². The molecular weight excluding hydrogens is 304 g/mol. The number of thioether (sulfide) groups is 1. The molecule has 0 aliphatic carbocycles. The lowest BCUT2D eigenvalue weighted by Gasteiger charge is -2.13. The summed E-state index contributed by atoms with van der Waals surface area (Å²) in [5.74, 6) is 5.53. The lowest BCUT2D eigenvalue weighted by molar-refractivity contribution is 0.320. The number of benzene rings is 1. The number of hydrogen-bond acceptors (Lipinski definition) is 3. The smallest absolute Gasteiger partial charge is 0.147 e. The van der Waals surface area contributed by atoms with Crippen molar-refractivity contribution >= 4 is 34.4 Å². The summed E-state index contributed by atoms with van der Waals surface area (Å²) in [5, 5.41) is 0. The van der Waals surface area contributed by atoms with Crippen molar-refractivity contribution in [3.63, 3.8) is 0 Å². The van der Waals surface area contributed by atoms with Gasteiger partial charge < -0.3 is 9.30 Å². The highest BCUT2D eigenvalue weighted by Crippen LogP contribution is 2.30. The number of fused-ring (bicyclic) bond motifs is 1. The highest BCUT2D eigenvalue weighted by molar-refractivity contribution is 7.99. The molecule has 0 saturated carbocycles. The summed E-state index contributed by atoms with van der Waals surface area (Å²) >= 11 is 8.16. The fourth-order valence-corrected chi connectivity index (χ4v) is 4.27. The molecule has 1 aromatic carbocycles. The van der Waals surface area contributed by atoms with E-state index in [1.54, 1.807) is 0 Å². The topological polar surface area (TPSA) is 27.1 Å². The number of rotatable bonds is 6. The summed E-state index contributed by atoms with van der Waals surface area (Å²) < 4.78 is 8.12. The molecule has 1 unspecified atom stereocenters. The SMILES string of the molecule is CCCOc1cccc2c1nc(CCl)n2CC1CCSC1. The first kappa shape index (κ1) is 15.0. The average molecular weight is 325 g/mol. The largest absolute Gasteiger partial charge is 0.491 e. The van der Waals surface area contributed by atoms with Crippen LogP contribution in [0.5, 0.6) is 5.75 Å². The van der Waals surface area contributed by atoms with Crippen LogP contribution in [0.15, 0.2) is 18.2 Å². The van der Waals surface area contributed by atoms with E-state index in [1.165, 1.54) is 17.9 Å². The number of hydrogen-bond donors (Lipinski definition) is 0. The van der Waals surface area contributed by atoms with Gasteiger partial charge in [-0.25, -0.2) is 4.98 Å². The van der Waals surface area contributed by atoms with Crippen LogP contribution in [0.2, 0.25) is 0 Å². The van der Waals surface area contributed by atoms with E-state index in [0.717, 1.165) is 48.1 Å². The number of nitrogens with zero attached hydrogens (tertiary/aromatic N) is 2. The second-order valence-corrected chi connectivity index (χ2v) is 6.89.